The monoisotopic (exact) mass is 273 g/mol. The van der Waals surface area contributed by atoms with Crippen molar-refractivity contribution in [1.29, 1.82) is 0 Å². The van der Waals surface area contributed by atoms with Crippen molar-refractivity contribution in [2.45, 2.75) is 26.3 Å². The maximum absolute atomic E-state index is 11.7. The molecule has 0 aromatic rings. The molecule has 1 atom stereocenters. The lowest BCUT2D eigenvalue weighted by Gasteiger charge is -2.26. The lowest BCUT2D eigenvalue weighted by atomic mass is 10.2. The first-order valence-electron chi connectivity index (χ1n) is 6.20. The summed E-state index contributed by atoms with van der Waals surface area (Å²) in [6.45, 7) is 4.07. The van der Waals surface area contributed by atoms with Gasteiger partial charge in [0, 0.05) is 27.6 Å². The van der Waals surface area contributed by atoms with E-state index in [4.69, 9.17) is 5.11 Å². The maximum Gasteiger partial charge on any atom is 0.327 e. The minimum atomic E-state index is -1.10. The van der Waals surface area contributed by atoms with Gasteiger partial charge in [-0.15, -0.1) is 0 Å². The fraction of sp³-hybridized carbons (Fsp3) is 0.750. The number of carboxylic acid groups (broad SMARTS) is 1. The highest BCUT2D eigenvalue weighted by Crippen LogP contribution is 1.98. The molecule has 0 aliphatic carbocycles. The third kappa shape index (κ3) is 7.40. The molecule has 0 aliphatic rings. The Bertz CT molecular complexity index is 331. The summed E-state index contributed by atoms with van der Waals surface area (Å²) in [7, 11) is 3.30. The zero-order valence-electron chi connectivity index (χ0n) is 12.0. The summed E-state index contributed by atoms with van der Waals surface area (Å²) in [6, 6.07) is -1.00. The number of rotatable bonds is 8. The average molecular weight is 273 g/mol. The minimum Gasteiger partial charge on any atom is -0.480 e. The first kappa shape index (κ1) is 17.4. The molecule has 7 nitrogen and oxygen atoms in total. The smallest absolute Gasteiger partial charge is 0.327 e. The zero-order chi connectivity index (χ0) is 15.0. The first-order valence-corrected chi connectivity index (χ1v) is 6.20. The van der Waals surface area contributed by atoms with E-state index in [9.17, 15) is 14.4 Å². The summed E-state index contributed by atoms with van der Waals surface area (Å²) in [5.74, 6) is -1.60. The van der Waals surface area contributed by atoms with E-state index in [0.29, 0.717) is 6.54 Å². The van der Waals surface area contributed by atoms with Crippen molar-refractivity contribution in [3.05, 3.63) is 0 Å². The molecule has 2 N–H and O–H groups in total. The third-order valence-electron chi connectivity index (χ3n) is 2.51. The van der Waals surface area contributed by atoms with Crippen LogP contribution in [0.5, 0.6) is 0 Å². The highest BCUT2D eigenvalue weighted by Gasteiger charge is 2.23. The summed E-state index contributed by atoms with van der Waals surface area (Å²) in [4.78, 5) is 36.9. The van der Waals surface area contributed by atoms with E-state index in [2.05, 4.69) is 5.32 Å². The minimum absolute atomic E-state index is 0.0968. The quantitative estimate of drug-likeness (QED) is 0.615. The molecular weight excluding hydrogens is 250 g/mol. The zero-order valence-corrected chi connectivity index (χ0v) is 12.0. The second kappa shape index (κ2) is 8.47. The molecule has 0 aromatic carbocycles. The number of hydrogen-bond acceptors (Lipinski definition) is 4. The molecule has 0 heterocycles. The van der Waals surface area contributed by atoms with Gasteiger partial charge in [0.15, 0.2) is 0 Å². The Morgan fingerprint density at radius 2 is 1.84 bits per heavy atom. The Morgan fingerprint density at radius 1 is 1.26 bits per heavy atom. The van der Waals surface area contributed by atoms with Crippen molar-refractivity contribution >= 4 is 17.8 Å². The molecule has 0 aromatic heterocycles. The van der Waals surface area contributed by atoms with Gasteiger partial charge in [-0.25, -0.2) is 4.79 Å². The van der Waals surface area contributed by atoms with Crippen LogP contribution in [0.15, 0.2) is 0 Å². The molecule has 0 spiro atoms. The summed E-state index contributed by atoms with van der Waals surface area (Å²) in [5, 5.41) is 11.4. The largest absolute Gasteiger partial charge is 0.480 e. The number of aliphatic carboxylic acids is 1. The molecule has 0 rings (SSSR count). The fourth-order valence-electron chi connectivity index (χ4n) is 1.57. The van der Waals surface area contributed by atoms with Crippen LogP contribution in [0.3, 0.4) is 0 Å². The van der Waals surface area contributed by atoms with Crippen molar-refractivity contribution in [2.75, 3.05) is 33.7 Å². The Hall–Kier alpha value is -1.63. The van der Waals surface area contributed by atoms with Crippen LogP contribution in [0, 0.1) is 0 Å². The molecule has 110 valence electrons. The van der Waals surface area contributed by atoms with Gasteiger partial charge in [-0.1, -0.05) is 6.92 Å². The molecule has 7 heteroatoms. The van der Waals surface area contributed by atoms with Gasteiger partial charge in [-0.3, -0.25) is 14.5 Å². The van der Waals surface area contributed by atoms with E-state index in [-0.39, 0.29) is 19.0 Å². The summed E-state index contributed by atoms with van der Waals surface area (Å²) >= 11 is 0. The van der Waals surface area contributed by atoms with Crippen LogP contribution in [0.4, 0.5) is 0 Å². The predicted octanol–water partition coefficient (Wildman–Crippen LogP) is -0.624. The van der Waals surface area contributed by atoms with Crippen molar-refractivity contribution in [1.82, 2.24) is 15.1 Å². The van der Waals surface area contributed by atoms with Crippen LogP contribution in [-0.4, -0.2) is 72.5 Å². The summed E-state index contributed by atoms with van der Waals surface area (Å²) in [5.41, 5.74) is 0. The number of carbonyl (C=O) groups excluding carboxylic acids is 2. The van der Waals surface area contributed by atoms with E-state index in [1.165, 1.54) is 11.8 Å². The van der Waals surface area contributed by atoms with Gasteiger partial charge in [0.1, 0.15) is 6.04 Å². The van der Waals surface area contributed by atoms with Gasteiger partial charge < -0.3 is 15.3 Å². The molecule has 0 bridgehead atoms. The number of carboxylic acids is 1. The number of nitrogens with one attached hydrogen (secondary N) is 1. The fourth-order valence-corrected chi connectivity index (χ4v) is 1.57. The lowest BCUT2D eigenvalue weighted by Crippen LogP contribution is -2.50. The van der Waals surface area contributed by atoms with Crippen molar-refractivity contribution in [3.8, 4) is 0 Å². The number of nitrogens with zero attached hydrogens (tertiary/aromatic N) is 2. The standard InChI is InChI=1S/C12H23N3O4/c1-5-6-15(8-11(17)14(3)4)7-10(12(18)19)13-9(2)16/h10H,5-8H2,1-4H3,(H,13,16)(H,18,19). The van der Waals surface area contributed by atoms with E-state index >= 15 is 0 Å². The number of amides is 2. The number of likely N-dealkylation sites (N-methyl/N-ethyl adjacent to an activating group) is 1. The van der Waals surface area contributed by atoms with E-state index in [1.807, 2.05) is 6.92 Å². The first-order chi connectivity index (χ1) is 8.77. The van der Waals surface area contributed by atoms with E-state index in [0.717, 1.165) is 6.42 Å². The maximum atomic E-state index is 11.7. The summed E-state index contributed by atoms with van der Waals surface area (Å²) in [6.07, 6.45) is 0.799. The van der Waals surface area contributed by atoms with Crippen LogP contribution >= 0.6 is 0 Å². The van der Waals surface area contributed by atoms with Crippen molar-refractivity contribution in [3.63, 3.8) is 0 Å². The van der Waals surface area contributed by atoms with Gasteiger partial charge in [0.25, 0.3) is 0 Å². The highest BCUT2D eigenvalue weighted by molar-refractivity contribution is 5.82. The summed E-state index contributed by atoms with van der Waals surface area (Å²) < 4.78 is 0. The normalized spacial score (nSPS) is 12.1. The van der Waals surface area contributed by atoms with Crippen LogP contribution < -0.4 is 5.32 Å². The molecule has 19 heavy (non-hydrogen) atoms. The Labute approximate surface area is 113 Å². The van der Waals surface area contributed by atoms with Gasteiger partial charge in [-0.05, 0) is 13.0 Å². The number of carbonyl (C=O) groups is 3. The molecule has 1 unspecified atom stereocenters. The van der Waals surface area contributed by atoms with Crippen LogP contribution in [-0.2, 0) is 14.4 Å². The van der Waals surface area contributed by atoms with Gasteiger partial charge >= 0.3 is 5.97 Å². The molecule has 0 radical (unpaired) electrons. The second-order valence-electron chi connectivity index (χ2n) is 4.61. The molecule has 0 saturated heterocycles. The predicted molar refractivity (Wildman–Crippen MR) is 70.7 cm³/mol. The molecule has 0 aliphatic heterocycles. The Balaban J connectivity index is 4.63. The SMILES string of the molecule is CCCN(CC(=O)N(C)C)CC(NC(C)=O)C(=O)O. The molecule has 2 amide bonds. The molecular formula is C12H23N3O4. The van der Waals surface area contributed by atoms with E-state index < -0.39 is 17.9 Å². The second-order valence-corrected chi connectivity index (χ2v) is 4.61. The van der Waals surface area contributed by atoms with Crippen molar-refractivity contribution < 1.29 is 19.5 Å². The van der Waals surface area contributed by atoms with Gasteiger partial charge in [-0.2, -0.15) is 0 Å². The third-order valence-corrected chi connectivity index (χ3v) is 2.51. The van der Waals surface area contributed by atoms with Crippen LogP contribution in [0.1, 0.15) is 20.3 Å². The Morgan fingerprint density at radius 3 is 2.21 bits per heavy atom. The van der Waals surface area contributed by atoms with E-state index in [1.54, 1.807) is 19.0 Å². The molecule has 0 saturated carbocycles. The Kier molecular flexibility index (Phi) is 7.74. The van der Waals surface area contributed by atoms with Gasteiger partial charge in [0.05, 0.1) is 6.54 Å². The average Bonchev–Trinajstić information content (AvgIpc) is 2.27. The van der Waals surface area contributed by atoms with Crippen LogP contribution in [0.2, 0.25) is 0 Å². The van der Waals surface area contributed by atoms with Crippen LogP contribution in [0.25, 0.3) is 0 Å². The van der Waals surface area contributed by atoms with Gasteiger partial charge in [0.2, 0.25) is 11.8 Å². The topological polar surface area (TPSA) is 90.0 Å². The molecule has 0 fully saturated rings. The number of hydrogen-bond donors (Lipinski definition) is 2. The van der Waals surface area contributed by atoms with Crippen molar-refractivity contribution in [2.24, 2.45) is 0 Å². The lowest BCUT2D eigenvalue weighted by molar-refractivity contribution is -0.142. The highest BCUT2D eigenvalue weighted by atomic mass is 16.4.